The molecular formula is C14H18O5. The first-order valence-corrected chi connectivity index (χ1v) is 6.33. The summed E-state index contributed by atoms with van der Waals surface area (Å²) in [4.78, 5) is 23.7. The second-order valence-corrected chi connectivity index (χ2v) is 4.95. The van der Waals surface area contributed by atoms with Crippen molar-refractivity contribution in [1.29, 1.82) is 0 Å². The maximum atomic E-state index is 12.4. The van der Waals surface area contributed by atoms with Crippen LogP contribution in [0.15, 0.2) is 16.5 Å². The summed E-state index contributed by atoms with van der Waals surface area (Å²) < 4.78 is 15.5. The van der Waals surface area contributed by atoms with Gasteiger partial charge in [0.05, 0.1) is 25.2 Å². The van der Waals surface area contributed by atoms with Crippen molar-refractivity contribution in [1.82, 2.24) is 0 Å². The Kier molecular flexibility index (Phi) is 3.75. The highest BCUT2D eigenvalue weighted by Crippen LogP contribution is 2.34. The molecule has 0 aromatic carbocycles. The van der Waals surface area contributed by atoms with Gasteiger partial charge in [-0.05, 0) is 31.9 Å². The second-order valence-electron chi connectivity index (χ2n) is 4.95. The van der Waals surface area contributed by atoms with Gasteiger partial charge in [0.2, 0.25) is 11.5 Å². The minimum absolute atomic E-state index is 0.0399. The van der Waals surface area contributed by atoms with Crippen LogP contribution in [0.3, 0.4) is 0 Å². The maximum absolute atomic E-state index is 12.4. The predicted molar refractivity (Wildman–Crippen MR) is 67.0 cm³/mol. The van der Waals surface area contributed by atoms with Gasteiger partial charge < -0.3 is 13.9 Å². The van der Waals surface area contributed by atoms with Crippen molar-refractivity contribution < 1.29 is 23.5 Å². The van der Waals surface area contributed by atoms with E-state index in [4.69, 9.17) is 9.15 Å². The van der Waals surface area contributed by atoms with Gasteiger partial charge in [-0.1, -0.05) is 6.92 Å². The molecule has 5 nitrogen and oxygen atoms in total. The summed E-state index contributed by atoms with van der Waals surface area (Å²) in [5.41, 5.74) is 0. The van der Waals surface area contributed by atoms with Crippen LogP contribution in [0, 0.1) is 11.8 Å². The molecule has 1 fully saturated rings. The summed E-state index contributed by atoms with van der Waals surface area (Å²) >= 11 is 0. The molecule has 0 spiro atoms. The molecule has 5 heteroatoms. The zero-order chi connectivity index (χ0) is 14.2. The summed E-state index contributed by atoms with van der Waals surface area (Å²) in [6, 6.07) is 2.96. The molecule has 1 aliphatic rings. The van der Waals surface area contributed by atoms with Crippen LogP contribution in [0.1, 0.15) is 41.9 Å². The Morgan fingerprint density at radius 3 is 2.26 bits per heavy atom. The first kappa shape index (κ1) is 13.8. The summed E-state index contributed by atoms with van der Waals surface area (Å²) in [5, 5.41) is 0. The maximum Gasteiger partial charge on any atom is 0.373 e. The highest BCUT2D eigenvalue weighted by Gasteiger charge is 2.42. The van der Waals surface area contributed by atoms with Crippen LogP contribution >= 0.6 is 0 Å². The minimum atomic E-state index is -0.587. The second kappa shape index (κ2) is 5.17. The molecule has 104 valence electrons. The number of ether oxygens (including phenoxy) is 2. The van der Waals surface area contributed by atoms with E-state index >= 15 is 0 Å². The fraction of sp³-hybridized carbons (Fsp3) is 0.571. The lowest BCUT2D eigenvalue weighted by Crippen LogP contribution is -2.26. The number of methoxy groups -OCH3 is 1. The largest absolute Gasteiger partial charge is 0.463 e. The van der Waals surface area contributed by atoms with Crippen LogP contribution in [0.25, 0.3) is 0 Å². The zero-order valence-electron chi connectivity index (χ0n) is 11.5. The van der Waals surface area contributed by atoms with Gasteiger partial charge in [-0.15, -0.1) is 0 Å². The molecular weight excluding hydrogens is 248 g/mol. The standard InChI is InChI=1S/C14H18O5/c1-7-8(2)18-9(3)12(7)13(15)10-5-6-11(19-10)14(16)17-4/h5-9,12H,1-4H3. The molecule has 0 bridgehead atoms. The van der Waals surface area contributed by atoms with Gasteiger partial charge in [-0.2, -0.15) is 0 Å². The monoisotopic (exact) mass is 266 g/mol. The lowest BCUT2D eigenvalue weighted by Gasteiger charge is -2.15. The molecule has 4 unspecified atom stereocenters. The number of rotatable bonds is 3. The Bertz CT molecular complexity index is 490. The molecule has 1 saturated heterocycles. The quantitative estimate of drug-likeness (QED) is 0.620. The van der Waals surface area contributed by atoms with Gasteiger partial charge in [-0.3, -0.25) is 4.79 Å². The first-order valence-electron chi connectivity index (χ1n) is 6.33. The summed E-state index contributed by atoms with van der Waals surface area (Å²) in [6.07, 6.45) is -0.108. The molecule has 0 radical (unpaired) electrons. The number of carbonyl (C=O) groups is 2. The van der Waals surface area contributed by atoms with Gasteiger partial charge >= 0.3 is 5.97 Å². The number of hydrogen-bond acceptors (Lipinski definition) is 5. The summed E-state index contributed by atoms with van der Waals surface area (Å²) in [7, 11) is 1.27. The third-order valence-corrected chi connectivity index (χ3v) is 3.78. The SMILES string of the molecule is COC(=O)c1ccc(C(=O)C2C(C)OC(C)C2C)o1. The van der Waals surface area contributed by atoms with Crippen molar-refractivity contribution >= 4 is 11.8 Å². The third-order valence-electron chi connectivity index (χ3n) is 3.78. The molecule has 0 saturated carbocycles. The van der Waals surface area contributed by atoms with Crippen LogP contribution in [-0.2, 0) is 9.47 Å². The Balaban J connectivity index is 2.20. The summed E-state index contributed by atoms with van der Waals surface area (Å²) in [5.74, 6) is -0.614. The Hall–Kier alpha value is -1.62. The molecule has 4 atom stereocenters. The van der Waals surface area contributed by atoms with Gasteiger partial charge in [0, 0.05) is 0 Å². The van der Waals surface area contributed by atoms with Crippen LogP contribution in [0.2, 0.25) is 0 Å². The smallest absolute Gasteiger partial charge is 0.373 e. The van der Waals surface area contributed by atoms with E-state index in [9.17, 15) is 9.59 Å². The van der Waals surface area contributed by atoms with Crippen molar-refractivity contribution in [3.63, 3.8) is 0 Å². The average molecular weight is 266 g/mol. The van der Waals surface area contributed by atoms with E-state index in [1.807, 2.05) is 20.8 Å². The first-order chi connectivity index (χ1) is 8.95. The van der Waals surface area contributed by atoms with Crippen LogP contribution < -0.4 is 0 Å². The van der Waals surface area contributed by atoms with Crippen molar-refractivity contribution in [2.24, 2.45) is 11.8 Å². The van der Waals surface area contributed by atoms with Gasteiger partial charge in [0.1, 0.15) is 0 Å². The molecule has 2 rings (SSSR count). The fourth-order valence-electron chi connectivity index (χ4n) is 2.56. The van der Waals surface area contributed by atoms with Gasteiger partial charge in [0.15, 0.2) is 5.76 Å². The Morgan fingerprint density at radius 1 is 1.11 bits per heavy atom. The number of hydrogen-bond donors (Lipinski definition) is 0. The lowest BCUT2D eigenvalue weighted by atomic mass is 9.85. The Morgan fingerprint density at radius 2 is 1.74 bits per heavy atom. The van der Waals surface area contributed by atoms with Crippen molar-refractivity contribution in [3.8, 4) is 0 Å². The highest BCUT2D eigenvalue weighted by molar-refractivity contribution is 5.97. The summed E-state index contributed by atoms with van der Waals surface area (Å²) in [6.45, 7) is 5.82. The Labute approximate surface area is 111 Å². The van der Waals surface area contributed by atoms with Crippen molar-refractivity contribution in [3.05, 3.63) is 23.7 Å². The predicted octanol–water partition coefficient (Wildman–Crippen LogP) is 2.31. The van der Waals surface area contributed by atoms with Crippen LogP contribution in [0.5, 0.6) is 0 Å². The number of esters is 1. The molecule has 1 aromatic heterocycles. The molecule has 19 heavy (non-hydrogen) atoms. The van der Waals surface area contributed by atoms with E-state index in [2.05, 4.69) is 4.74 Å². The lowest BCUT2D eigenvalue weighted by molar-refractivity contribution is 0.0483. The van der Waals surface area contributed by atoms with Crippen LogP contribution in [-0.4, -0.2) is 31.1 Å². The van der Waals surface area contributed by atoms with E-state index in [1.165, 1.54) is 19.2 Å². The van der Waals surface area contributed by atoms with E-state index in [1.54, 1.807) is 0 Å². The molecule has 1 aromatic rings. The number of carbonyl (C=O) groups excluding carboxylic acids is 2. The third kappa shape index (κ3) is 2.42. The van der Waals surface area contributed by atoms with Gasteiger partial charge in [0.25, 0.3) is 0 Å². The molecule has 0 amide bonds. The molecule has 0 N–H and O–H groups in total. The van der Waals surface area contributed by atoms with Crippen molar-refractivity contribution in [2.45, 2.75) is 33.0 Å². The molecule has 1 aliphatic heterocycles. The van der Waals surface area contributed by atoms with Crippen LogP contribution in [0.4, 0.5) is 0 Å². The highest BCUT2D eigenvalue weighted by atomic mass is 16.5. The molecule has 2 heterocycles. The number of Topliss-reactive ketones (excluding diaryl/α,β-unsaturated/α-hetero) is 1. The van der Waals surface area contributed by atoms with E-state index < -0.39 is 5.97 Å². The average Bonchev–Trinajstić information content (AvgIpc) is 2.95. The zero-order valence-corrected chi connectivity index (χ0v) is 11.5. The fourth-order valence-corrected chi connectivity index (χ4v) is 2.56. The normalized spacial score (nSPS) is 30.3. The van der Waals surface area contributed by atoms with E-state index in [0.717, 1.165) is 0 Å². The van der Waals surface area contributed by atoms with Gasteiger partial charge in [-0.25, -0.2) is 4.79 Å². The topological polar surface area (TPSA) is 65.7 Å². The number of furan rings is 1. The minimum Gasteiger partial charge on any atom is -0.463 e. The number of ketones is 1. The molecule has 0 aliphatic carbocycles. The van der Waals surface area contributed by atoms with Crippen molar-refractivity contribution in [2.75, 3.05) is 7.11 Å². The van der Waals surface area contributed by atoms with E-state index in [0.29, 0.717) is 0 Å². The van der Waals surface area contributed by atoms with E-state index in [-0.39, 0.29) is 41.3 Å².